The molecule has 0 atom stereocenters. The normalized spacial score (nSPS) is 11.0. The molecule has 4 aromatic rings. The molecule has 1 amide bonds. The Morgan fingerprint density at radius 3 is 2.32 bits per heavy atom. The maximum absolute atomic E-state index is 12.8. The van der Waals surface area contributed by atoms with Crippen molar-refractivity contribution in [3.8, 4) is 23.3 Å². The van der Waals surface area contributed by atoms with Gasteiger partial charge in [-0.2, -0.15) is 5.26 Å². The standard InChI is InChI=1S/C32H25Cl3N2O4/c1-2-39-31-17-21(8-14-30(31)41-19-22-7-13-28(34)29(35)16-22)15-24(18-36)32(38)37-25-9-11-26(12-10-25)40-20-23-5-3-4-6-27(23)33/h3-17H,2,19-20H2,1H3,(H,37,38)/b24-15+. The molecule has 0 aliphatic heterocycles. The molecule has 0 bridgehead atoms. The van der Waals surface area contributed by atoms with Gasteiger partial charge in [0.1, 0.15) is 30.6 Å². The maximum Gasteiger partial charge on any atom is 0.266 e. The molecule has 0 fully saturated rings. The summed E-state index contributed by atoms with van der Waals surface area (Å²) in [6, 6.07) is 26.7. The highest BCUT2D eigenvalue weighted by Crippen LogP contribution is 2.31. The summed E-state index contributed by atoms with van der Waals surface area (Å²) in [4.78, 5) is 12.8. The second-order valence-corrected chi connectivity index (χ2v) is 9.93. The number of hydrogen-bond acceptors (Lipinski definition) is 5. The minimum absolute atomic E-state index is 0.0732. The van der Waals surface area contributed by atoms with Crippen molar-refractivity contribution in [2.45, 2.75) is 20.1 Å². The molecule has 0 radical (unpaired) electrons. The van der Waals surface area contributed by atoms with E-state index >= 15 is 0 Å². The molecule has 4 rings (SSSR count). The summed E-state index contributed by atoms with van der Waals surface area (Å²) in [7, 11) is 0. The van der Waals surface area contributed by atoms with E-state index < -0.39 is 5.91 Å². The second-order valence-electron chi connectivity index (χ2n) is 8.70. The SMILES string of the molecule is CCOc1cc(/C=C(\C#N)C(=O)Nc2ccc(OCc3ccccc3Cl)cc2)ccc1OCc1ccc(Cl)c(Cl)c1. The summed E-state index contributed by atoms with van der Waals surface area (Å²) in [5.41, 5.74) is 2.76. The Labute approximate surface area is 253 Å². The first-order valence-electron chi connectivity index (χ1n) is 12.6. The van der Waals surface area contributed by atoms with Crippen molar-refractivity contribution in [1.82, 2.24) is 0 Å². The zero-order valence-corrected chi connectivity index (χ0v) is 24.3. The molecule has 0 aromatic heterocycles. The van der Waals surface area contributed by atoms with Crippen LogP contribution in [-0.4, -0.2) is 12.5 Å². The van der Waals surface area contributed by atoms with Gasteiger partial charge in [-0.3, -0.25) is 4.79 Å². The van der Waals surface area contributed by atoms with E-state index in [1.165, 1.54) is 6.08 Å². The fourth-order valence-corrected chi connectivity index (χ4v) is 4.23. The van der Waals surface area contributed by atoms with Gasteiger partial charge in [0.25, 0.3) is 5.91 Å². The molecular formula is C32H25Cl3N2O4. The second kappa shape index (κ2) is 14.5. The van der Waals surface area contributed by atoms with Gasteiger partial charge in [-0.15, -0.1) is 0 Å². The lowest BCUT2D eigenvalue weighted by molar-refractivity contribution is -0.112. The Hall–Kier alpha value is -4.15. The molecule has 0 aliphatic carbocycles. The Kier molecular flexibility index (Phi) is 10.5. The van der Waals surface area contributed by atoms with E-state index in [4.69, 9.17) is 49.0 Å². The molecule has 41 heavy (non-hydrogen) atoms. The van der Waals surface area contributed by atoms with Gasteiger partial charge in [-0.25, -0.2) is 0 Å². The molecule has 0 spiro atoms. The van der Waals surface area contributed by atoms with E-state index in [2.05, 4.69) is 5.32 Å². The van der Waals surface area contributed by atoms with Gasteiger partial charge in [-0.1, -0.05) is 65.1 Å². The average Bonchev–Trinajstić information content (AvgIpc) is 2.97. The van der Waals surface area contributed by atoms with Gasteiger partial charge in [0.05, 0.1) is 16.7 Å². The van der Waals surface area contributed by atoms with Crippen LogP contribution in [0.2, 0.25) is 15.1 Å². The zero-order chi connectivity index (χ0) is 29.2. The van der Waals surface area contributed by atoms with Crippen LogP contribution < -0.4 is 19.5 Å². The van der Waals surface area contributed by atoms with Crippen LogP contribution in [0.4, 0.5) is 5.69 Å². The molecule has 0 saturated carbocycles. The number of carbonyl (C=O) groups is 1. The van der Waals surface area contributed by atoms with Crippen LogP contribution in [0.3, 0.4) is 0 Å². The van der Waals surface area contributed by atoms with Gasteiger partial charge in [0.15, 0.2) is 11.5 Å². The summed E-state index contributed by atoms with van der Waals surface area (Å²) in [6.07, 6.45) is 1.49. The molecule has 0 unspecified atom stereocenters. The summed E-state index contributed by atoms with van der Waals surface area (Å²) in [6.45, 7) is 2.82. The average molecular weight is 608 g/mol. The third kappa shape index (κ3) is 8.42. The van der Waals surface area contributed by atoms with E-state index in [0.29, 0.717) is 56.8 Å². The summed E-state index contributed by atoms with van der Waals surface area (Å²) in [5, 5.41) is 14.0. The Morgan fingerprint density at radius 2 is 1.61 bits per heavy atom. The monoisotopic (exact) mass is 606 g/mol. The lowest BCUT2D eigenvalue weighted by Crippen LogP contribution is -2.13. The predicted octanol–water partition coefficient (Wildman–Crippen LogP) is 8.75. The van der Waals surface area contributed by atoms with Crippen molar-refractivity contribution in [3.05, 3.63) is 122 Å². The fourth-order valence-electron chi connectivity index (χ4n) is 3.72. The van der Waals surface area contributed by atoms with Crippen LogP contribution in [-0.2, 0) is 18.0 Å². The topological polar surface area (TPSA) is 80.6 Å². The van der Waals surface area contributed by atoms with Crippen molar-refractivity contribution >= 4 is 52.5 Å². The predicted molar refractivity (Wildman–Crippen MR) is 163 cm³/mol. The Bertz CT molecular complexity index is 1600. The molecular weight excluding hydrogens is 583 g/mol. The van der Waals surface area contributed by atoms with Crippen molar-refractivity contribution in [1.29, 1.82) is 5.26 Å². The summed E-state index contributed by atoms with van der Waals surface area (Å²) < 4.78 is 17.5. The first-order chi connectivity index (χ1) is 19.9. The van der Waals surface area contributed by atoms with Crippen LogP contribution in [0.15, 0.2) is 90.5 Å². The largest absolute Gasteiger partial charge is 0.490 e. The first-order valence-corrected chi connectivity index (χ1v) is 13.7. The van der Waals surface area contributed by atoms with Crippen LogP contribution in [0.1, 0.15) is 23.6 Å². The van der Waals surface area contributed by atoms with E-state index in [0.717, 1.165) is 11.1 Å². The molecule has 9 heteroatoms. The number of nitrogens with zero attached hydrogens (tertiary/aromatic N) is 1. The number of ether oxygens (including phenoxy) is 3. The number of halogens is 3. The highest BCUT2D eigenvalue weighted by Gasteiger charge is 2.12. The van der Waals surface area contributed by atoms with E-state index in [1.54, 1.807) is 60.7 Å². The minimum atomic E-state index is -0.546. The molecule has 4 aromatic carbocycles. The highest BCUT2D eigenvalue weighted by molar-refractivity contribution is 6.42. The highest BCUT2D eigenvalue weighted by atomic mass is 35.5. The van der Waals surface area contributed by atoms with Crippen molar-refractivity contribution < 1.29 is 19.0 Å². The molecule has 0 aliphatic rings. The van der Waals surface area contributed by atoms with Crippen LogP contribution in [0.5, 0.6) is 17.2 Å². The number of nitriles is 1. The van der Waals surface area contributed by atoms with E-state index in [9.17, 15) is 10.1 Å². The Morgan fingerprint density at radius 1 is 0.829 bits per heavy atom. The smallest absolute Gasteiger partial charge is 0.266 e. The van der Waals surface area contributed by atoms with Gasteiger partial charge in [-0.05, 0) is 78.7 Å². The van der Waals surface area contributed by atoms with Crippen molar-refractivity contribution in [2.75, 3.05) is 11.9 Å². The number of anilines is 1. The van der Waals surface area contributed by atoms with Gasteiger partial charge in [0, 0.05) is 16.3 Å². The lowest BCUT2D eigenvalue weighted by atomic mass is 10.1. The zero-order valence-electron chi connectivity index (χ0n) is 22.0. The number of amides is 1. The first kappa shape index (κ1) is 29.8. The van der Waals surface area contributed by atoms with Crippen molar-refractivity contribution in [2.24, 2.45) is 0 Å². The van der Waals surface area contributed by atoms with E-state index in [-0.39, 0.29) is 12.2 Å². The van der Waals surface area contributed by atoms with E-state index in [1.807, 2.05) is 37.3 Å². The number of nitrogens with one attached hydrogen (secondary N) is 1. The quantitative estimate of drug-likeness (QED) is 0.136. The number of carbonyl (C=O) groups excluding carboxylic acids is 1. The Balaban J connectivity index is 1.41. The van der Waals surface area contributed by atoms with Gasteiger partial charge in [0.2, 0.25) is 0 Å². The van der Waals surface area contributed by atoms with Crippen LogP contribution >= 0.6 is 34.8 Å². The van der Waals surface area contributed by atoms with Crippen LogP contribution in [0, 0.1) is 11.3 Å². The van der Waals surface area contributed by atoms with Gasteiger partial charge >= 0.3 is 0 Å². The molecule has 6 nitrogen and oxygen atoms in total. The molecule has 0 heterocycles. The third-order valence-electron chi connectivity index (χ3n) is 5.79. The summed E-state index contributed by atoms with van der Waals surface area (Å²) in [5.74, 6) is 1.06. The third-order valence-corrected chi connectivity index (χ3v) is 6.89. The lowest BCUT2D eigenvalue weighted by Gasteiger charge is -2.13. The summed E-state index contributed by atoms with van der Waals surface area (Å²) >= 11 is 18.3. The van der Waals surface area contributed by atoms with Gasteiger partial charge < -0.3 is 19.5 Å². The fraction of sp³-hybridized carbons (Fsp3) is 0.125. The number of benzene rings is 4. The maximum atomic E-state index is 12.8. The minimum Gasteiger partial charge on any atom is -0.490 e. The molecule has 1 N–H and O–H groups in total. The van der Waals surface area contributed by atoms with Crippen molar-refractivity contribution in [3.63, 3.8) is 0 Å². The molecule has 208 valence electrons. The van der Waals surface area contributed by atoms with Crippen LogP contribution in [0.25, 0.3) is 6.08 Å². The number of rotatable bonds is 11. The molecule has 0 saturated heterocycles. The number of hydrogen-bond donors (Lipinski definition) is 1.